The Bertz CT molecular complexity index is 930. The van der Waals surface area contributed by atoms with Gasteiger partial charge < -0.3 is 20.1 Å². The van der Waals surface area contributed by atoms with Gasteiger partial charge in [-0.3, -0.25) is 0 Å². The summed E-state index contributed by atoms with van der Waals surface area (Å²) in [7, 11) is 3.00. The number of carbonyl (C=O) groups is 1. The van der Waals surface area contributed by atoms with Gasteiger partial charge in [-0.1, -0.05) is 24.3 Å². The first-order chi connectivity index (χ1) is 13.2. The highest BCUT2D eigenvalue weighted by atomic mass is 16.5. The van der Waals surface area contributed by atoms with Crippen molar-refractivity contribution in [1.29, 1.82) is 0 Å². The third kappa shape index (κ3) is 4.72. The van der Waals surface area contributed by atoms with Crippen LogP contribution in [-0.4, -0.2) is 30.2 Å². The average Bonchev–Trinajstić information content (AvgIpc) is 2.72. The summed E-state index contributed by atoms with van der Waals surface area (Å²) in [5.41, 5.74) is 2.17. The fourth-order valence-corrected chi connectivity index (χ4v) is 2.52. The standard InChI is InChI=1S/C20H20N4O3/c1-26-17-9-4-3-6-15(17)13-22-18-10-11-21-20(24-18)23-16-8-5-7-14(12-16)19(25)27-2/h3-12H,13H2,1-2H3,(H2,21,22,23,24). The number of benzene rings is 2. The van der Waals surface area contributed by atoms with Crippen LogP contribution in [0.2, 0.25) is 0 Å². The van der Waals surface area contributed by atoms with Crippen molar-refractivity contribution in [3.05, 3.63) is 71.9 Å². The van der Waals surface area contributed by atoms with Gasteiger partial charge in [0.15, 0.2) is 0 Å². The fraction of sp³-hybridized carbons (Fsp3) is 0.150. The summed E-state index contributed by atoms with van der Waals surface area (Å²) in [6, 6.07) is 16.5. The van der Waals surface area contributed by atoms with Gasteiger partial charge in [0, 0.05) is 24.0 Å². The SMILES string of the molecule is COC(=O)c1cccc(Nc2nccc(NCc3ccccc3OC)n2)c1. The molecule has 0 fully saturated rings. The minimum absolute atomic E-state index is 0.396. The fourth-order valence-electron chi connectivity index (χ4n) is 2.52. The Balaban J connectivity index is 1.70. The normalized spacial score (nSPS) is 10.1. The first-order valence-corrected chi connectivity index (χ1v) is 8.34. The molecule has 0 atom stereocenters. The zero-order valence-corrected chi connectivity index (χ0v) is 15.1. The molecular formula is C20H20N4O3. The predicted octanol–water partition coefficient (Wildman–Crippen LogP) is 3.63. The van der Waals surface area contributed by atoms with E-state index in [4.69, 9.17) is 9.47 Å². The molecule has 1 heterocycles. The molecule has 0 aliphatic rings. The van der Waals surface area contributed by atoms with Gasteiger partial charge in [0.1, 0.15) is 11.6 Å². The van der Waals surface area contributed by atoms with Crippen LogP contribution >= 0.6 is 0 Å². The van der Waals surface area contributed by atoms with E-state index in [1.54, 1.807) is 37.6 Å². The van der Waals surface area contributed by atoms with E-state index in [-0.39, 0.29) is 0 Å². The third-order valence-corrected chi connectivity index (χ3v) is 3.85. The second-order valence-electron chi connectivity index (χ2n) is 5.63. The van der Waals surface area contributed by atoms with Gasteiger partial charge in [-0.15, -0.1) is 0 Å². The van der Waals surface area contributed by atoms with Gasteiger partial charge in [0.05, 0.1) is 19.8 Å². The maximum absolute atomic E-state index is 11.6. The molecule has 7 heteroatoms. The summed E-state index contributed by atoms with van der Waals surface area (Å²) in [5.74, 6) is 1.51. The summed E-state index contributed by atoms with van der Waals surface area (Å²) in [5, 5.41) is 6.35. The predicted molar refractivity (Wildman–Crippen MR) is 103 cm³/mol. The van der Waals surface area contributed by atoms with Crippen LogP contribution in [0.25, 0.3) is 0 Å². The Hall–Kier alpha value is -3.61. The van der Waals surface area contributed by atoms with Crippen molar-refractivity contribution in [2.45, 2.75) is 6.54 Å². The number of hydrogen-bond donors (Lipinski definition) is 2. The number of para-hydroxylation sites is 1. The Kier molecular flexibility index (Phi) is 5.84. The minimum Gasteiger partial charge on any atom is -0.496 e. The molecule has 0 aliphatic heterocycles. The van der Waals surface area contributed by atoms with E-state index in [2.05, 4.69) is 20.6 Å². The van der Waals surface area contributed by atoms with E-state index < -0.39 is 5.97 Å². The Morgan fingerprint density at radius 2 is 1.93 bits per heavy atom. The lowest BCUT2D eigenvalue weighted by atomic mass is 10.2. The second kappa shape index (κ2) is 8.66. The Morgan fingerprint density at radius 1 is 1.07 bits per heavy atom. The van der Waals surface area contributed by atoms with E-state index >= 15 is 0 Å². The van der Waals surface area contributed by atoms with Crippen LogP contribution in [0.5, 0.6) is 5.75 Å². The summed E-state index contributed by atoms with van der Waals surface area (Å²) in [6.07, 6.45) is 1.66. The molecule has 1 aromatic heterocycles. The molecule has 0 aliphatic carbocycles. The maximum atomic E-state index is 11.6. The highest BCUT2D eigenvalue weighted by Gasteiger charge is 2.07. The van der Waals surface area contributed by atoms with Crippen LogP contribution in [0.15, 0.2) is 60.8 Å². The first kappa shape index (κ1) is 18.2. The Labute approximate surface area is 157 Å². The molecule has 3 aromatic rings. The van der Waals surface area contributed by atoms with Crippen molar-refractivity contribution in [2.75, 3.05) is 24.9 Å². The summed E-state index contributed by atoms with van der Waals surface area (Å²) < 4.78 is 10.1. The lowest BCUT2D eigenvalue weighted by Gasteiger charge is -2.11. The molecule has 0 saturated carbocycles. The first-order valence-electron chi connectivity index (χ1n) is 8.34. The van der Waals surface area contributed by atoms with Crippen LogP contribution in [-0.2, 0) is 11.3 Å². The number of aromatic nitrogens is 2. The van der Waals surface area contributed by atoms with Crippen LogP contribution in [0.3, 0.4) is 0 Å². The van der Waals surface area contributed by atoms with Gasteiger partial charge in [-0.05, 0) is 30.3 Å². The number of nitrogens with zero attached hydrogens (tertiary/aromatic N) is 2. The smallest absolute Gasteiger partial charge is 0.337 e. The highest BCUT2D eigenvalue weighted by Crippen LogP contribution is 2.20. The molecule has 138 valence electrons. The Morgan fingerprint density at radius 3 is 2.74 bits per heavy atom. The van der Waals surface area contributed by atoms with Crippen LogP contribution in [0, 0.1) is 0 Å². The van der Waals surface area contributed by atoms with E-state index in [9.17, 15) is 4.79 Å². The topological polar surface area (TPSA) is 85.4 Å². The third-order valence-electron chi connectivity index (χ3n) is 3.85. The minimum atomic E-state index is -0.396. The number of anilines is 3. The molecule has 2 aromatic carbocycles. The quantitative estimate of drug-likeness (QED) is 0.619. The van der Waals surface area contributed by atoms with Crippen molar-refractivity contribution < 1.29 is 14.3 Å². The van der Waals surface area contributed by atoms with E-state index in [1.807, 2.05) is 30.3 Å². The zero-order chi connectivity index (χ0) is 19.1. The van der Waals surface area contributed by atoms with Crippen molar-refractivity contribution in [1.82, 2.24) is 9.97 Å². The van der Waals surface area contributed by atoms with Gasteiger partial charge in [0.2, 0.25) is 5.95 Å². The van der Waals surface area contributed by atoms with E-state index in [1.165, 1.54) is 7.11 Å². The van der Waals surface area contributed by atoms with E-state index in [0.29, 0.717) is 29.6 Å². The highest BCUT2D eigenvalue weighted by molar-refractivity contribution is 5.90. The molecule has 0 saturated heterocycles. The number of rotatable bonds is 7. The van der Waals surface area contributed by atoms with Crippen molar-refractivity contribution in [3.63, 3.8) is 0 Å². The molecule has 0 radical (unpaired) electrons. The van der Waals surface area contributed by atoms with Crippen molar-refractivity contribution in [2.24, 2.45) is 0 Å². The van der Waals surface area contributed by atoms with Crippen LogP contribution in [0.4, 0.5) is 17.5 Å². The molecule has 0 bridgehead atoms. The number of ether oxygens (including phenoxy) is 2. The van der Waals surface area contributed by atoms with Crippen LogP contribution < -0.4 is 15.4 Å². The number of esters is 1. The van der Waals surface area contributed by atoms with Gasteiger partial charge in [-0.25, -0.2) is 9.78 Å². The van der Waals surface area contributed by atoms with E-state index in [0.717, 1.165) is 11.3 Å². The largest absolute Gasteiger partial charge is 0.496 e. The number of hydrogen-bond acceptors (Lipinski definition) is 7. The number of nitrogens with one attached hydrogen (secondary N) is 2. The number of carbonyl (C=O) groups excluding carboxylic acids is 1. The van der Waals surface area contributed by atoms with Gasteiger partial charge in [0.25, 0.3) is 0 Å². The zero-order valence-electron chi connectivity index (χ0n) is 15.1. The molecule has 27 heavy (non-hydrogen) atoms. The summed E-state index contributed by atoms with van der Waals surface area (Å²) in [6.45, 7) is 0.568. The molecule has 0 unspecified atom stereocenters. The maximum Gasteiger partial charge on any atom is 0.337 e. The molecule has 0 amide bonds. The van der Waals surface area contributed by atoms with Crippen LogP contribution in [0.1, 0.15) is 15.9 Å². The summed E-state index contributed by atoms with van der Waals surface area (Å²) >= 11 is 0. The molecule has 2 N–H and O–H groups in total. The summed E-state index contributed by atoms with van der Waals surface area (Å²) in [4.78, 5) is 20.3. The molecule has 3 rings (SSSR count). The van der Waals surface area contributed by atoms with Crippen molar-refractivity contribution >= 4 is 23.4 Å². The molecule has 0 spiro atoms. The molecule has 7 nitrogen and oxygen atoms in total. The lowest BCUT2D eigenvalue weighted by molar-refractivity contribution is 0.0601. The molecular weight excluding hydrogens is 344 g/mol. The monoisotopic (exact) mass is 364 g/mol. The van der Waals surface area contributed by atoms with Crippen molar-refractivity contribution in [3.8, 4) is 5.75 Å². The van der Waals surface area contributed by atoms with Gasteiger partial charge >= 0.3 is 5.97 Å². The number of methoxy groups -OCH3 is 2. The van der Waals surface area contributed by atoms with Gasteiger partial charge in [-0.2, -0.15) is 4.98 Å². The average molecular weight is 364 g/mol. The lowest BCUT2D eigenvalue weighted by Crippen LogP contribution is -2.06. The second-order valence-corrected chi connectivity index (χ2v) is 5.63.